The summed E-state index contributed by atoms with van der Waals surface area (Å²) in [5.41, 5.74) is 13.1. The van der Waals surface area contributed by atoms with E-state index in [1.165, 1.54) is 119 Å². The molecule has 1 heterocycles. The molecular formula is C55H36S. The molecule has 1 aromatic heterocycles. The Morgan fingerprint density at radius 2 is 0.857 bits per heavy atom. The molecule has 0 N–H and O–H groups in total. The molecule has 0 aliphatic heterocycles. The quantitative estimate of drug-likeness (QED) is 0.159. The topological polar surface area (TPSA) is 0 Å². The number of hydrogen-bond acceptors (Lipinski definition) is 1. The third-order valence-electron chi connectivity index (χ3n) is 12.6. The van der Waals surface area contributed by atoms with Gasteiger partial charge in [-0.3, -0.25) is 0 Å². The zero-order valence-corrected chi connectivity index (χ0v) is 32.0. The number of hydrogen-bond donors (Lipinski definition) is 0. The molecule has 0 saturated carbocycles. The summed E-state index contributed by atoms with van der Waals surface area (Å²) in [5, 5.41) is 13.0. The van der Waals surface area contributed by atoms with Crippen LogP contribution in [0.15, 0.2) is 182 Å². The minimum atomic E-state index is -0.120. The molecule has 10 aromatic carbocycles. The highest BCUT2D eigenvalue weighted by molar-refractivity contribution is 7.27. The van der Waals surface area contributed by atoms with Crippen molar-refractivity contribution < 1.29 is 0 Å². The Morgan fingerprint density at radius 3 is 1.55 bits per heavy atom. The van der Waals surface area contributed by atoms with E-state index in [1.54, 1.807) is 0 Å². The van der Waals surface area contributed by atoms with Crippen molar-refractivity contribution >= 4 is 74.6 Å². The second kappa shape index (κ2) is 11.7. The Balaban J connectivity index is 1.05. The van der Waals surface area contributed by atoms with E-state index in [1.807, 2.05) is 11.3 Å². The molecule has 0 atom stereocenters. The largest absolute Gasteiger partial charge is 0.134 e. The molecule has 0 radical (unpaired) electrons. The Kier molecular flexibility index (Phi) is 6.66. The molecule has 0 spiro atoms. The molecule has 0 bridgehead atoms. The highest BCUT2D eigenvalue weighted by Crippen LogP contribution is 2.55. The summed E-state index contributed by atoms with van der Waals surface area (Å²) < 4.78 is 2.81. The molecule has 1 heteroatoms. The maximum absolute atomic E-state index is 2.49. The average Bonchev–Trinajstić information content (AvgIpc) is 3.74. The van der Waals surface area contributed by atoms with Crippen molar-refractivity contribution in [3.05, 3.63) is 193 Å². The van der Waals surface area contributed by atoms with Crippen molar-refractivity contribution in [3.8, 4) is 44.5 Å². The van der Waals surface area contributed by atoms with Crippen molar-refractivity contribution in [3.63, 3.8) is 0 Å². The van der Waals surface area contributed by atoms with Gasteiger partial charge < -0.3 is 0 Å². The van der Waals surface area contributed by atoms with Crippen LogP contribution < -0.4 is 0 Å². The minimum absolute atomic E-state index is 0.120. The molecule has 56 heavy (non-hydrogen) atoms. The van der Waals surface area contributed by atoms with Crippen molar-refractivity contribution in [2.75, 3.05) is 0 Å². The molecule has 0 amide bonds. The molecule has 1 aliphatic rings. The van der Waals surface area contributed by atoms with E-state index < -0.39 is 0 Å². The summed E-state index contributed by atoms with van der Waals surface area (Å²) in [6, 6.07) is 68.1. The van der Waals surface area contributed by atoms with E-state index in [2.05, 4.69) is 196 Å². The SMILES string of the molecule is CC1(C)c2ccc(-c3c4ccccc4c(-c4ccc5cc(-c6ccccc6)ccc5c4)c4ccccc34)cc2-c2ccc3c(sc4c5ccccc5ccc34)c21. The van der Waals surface area contributed by atoms with Gasteiger partial charge in [-0.15, -0.1) is 11.3 Å². The standard InChI is InChI=1S/C55H36S/c1-55(2)49-29-25-39(32-48(49)45-27-28-47-46-26-24-34-14-6-7-15-40(34)53(46)56-54(47)52(45)55)51-43-18-10-8-16-41(43)50(42-17-9-11-19-44(42)51)38-23-22-36-30-35(20-21-37(36)31-38)33-12-4-3-5-13-33/h3-32H,1-2H3. The van der Waals surface area contributed by atoms with E-state index in [0.29, 0.717) is 0 Å². The molecule has 0 fully saturated rings. The van der Waals surface area contributed by atoms with Crippen molar-refractivity contribution in [2.24, 2.45) is 0 Å². The van der Waals surface area contributed by atoms with E-state index in [0.717, 1.165) is 0 Å². The van der Waals surface area contributed by atoms with E-state index in [-0.39, 0.29) is 5.41 Å². The Bertz CT molecular complexity index is 3380. The highest BCUT2D eigenvalue weighted by Gasteiger charge is 2.38. The molecule has 12 rings (SSSR count). The highest BCUT2D eigenvalue weighted by atomic mass is 32.1. The molecule has 11 aromatic rings. The first-order valence-electron chi connectivity index (χ1n) is 19.6. The molecule has 0 saturated heterocycles. The van der Waals surface area contributed by atoms with Gasteiger partial charge in [-0.2, -0.15) is 0 Å². The molecule has 1 aliphatic carbocycles. The van der Waals surface area contributed by atoms with Crippen molar-refractivity contribution in [2.45, 2.75) is 19.3 Å². The molecular weight excluding hydrogens is 693 g/mol. The molecule has 0 unspecified atom stereocenters. The van der Waals surface area contributed by atoms with E-state index in [9.17, 15) is 0 Å². The first-order chi connectivity index (χ1) is 27.5. The Hall–Kier alpha value is -6.54. The first kappa shape index (κ1) is 31.8. The second-order valence-corrected chi connectivity index (χ2v) is 17.0. The van der Waals surface area contributed by atoms with Crippen LogP contribution in [-0.4, -0.2) is 0 Å². The van der Waals surface area contributed by atoms with Gasteiger partial charge in [0.15, 0.2) is 0 Å². The lowest BCUT2D eigenvalue weighted by Crippen LogP contribution is -2.15. The Labute approximate surface area is 329 Å². The van der Waals surface area contributed by atoms with Crippen LogP contribution in [0.2, 0.25) is 0 Å². The summed E-state index contributed by atoms with van der Waals surface area (Å²) in [4.78, 5) is 0. The van der Waals surface area contributed by atoms with Gasteiger partial charge in [0.25, 0.3) is 0 Å². The average molecular weight is 729 g/mol. The van der Waals surface area contributed by atoms with Gasteiger partial charge in [-0.1, -0.05) is 178 Å². The summed E-state index contributed by atoms with van der Waals surface area (Å²) >= 11 is 1.97. The molecule has 262 valence electrons. The van der Waals surface area contributed by atoms with Crippen LogP contribution in [0.4, 0.5) is 0 Å². The van der Waals surface area contributed by atoms with E-state index in [4.69, 9.17) is 0 Å². The number of benzene rings is 10. The zero-order valence-electron chi connectivity index (χ0n) is 31.2. The number of thiophene rings is 1. The van der Waals surface area contributed by atoms with E-state index >= 15 is 0 Å². The van der Waals surface area contributed by atoms with Crippen LogP contribution in [0.1, 0.15) is 25.0 Å². The first-order valence-corrected chi connectivity index (χ1v) is 20.4. The van der Waals surface area contributed by atoms with Crippen LogP contribution in [0.25, 0.3) is 108 Å². The maximum atomic E-state index is 2.49. The smallest absolute Gasteiger partial charge is 0.0433 e. The second-order valence-electron chi connectivity index (χ2n) is 16.0. The van der Waals surface area contributed by atoms with Gasteiger partial charge in [0.1, 0.15) is 0 Å². The fraction of sp³-hybridized carbons (Fsp3) is 0.0545. The van der Waals surface area contributed by atoms with Crippen LogP contribution in [0.3, 0.4) is 0 Å². The molecule has 0 nitrogen and oxygen atoms in total. The zero-order chi connectivity index (χ0) is 37.1. The van der Waals surface area contributed by atoms with Crippen molar-refractivity contribution in [1.29, 1.82) is 0 Å². The van der Waals surface area contributed by atoms with Gasteiger partial charge in [0.2, 0.25) is 0 Å². The van der Waals surface area contributed by atoms with Crippen LogP contribution >= 0.6 is 11.3 Å². The van der Waals surface area contributed by atoms with Gasteiger partial charge in [0, 0.05) is 25.6 Å². The number of rotatable bonds is 3. The monoisotopic (exact) mass is 728 g/mol. The summed E-state index contributed by atoms with van der Waals surface area (Å²) in [7, 11) is 0. The van der Waals surface area contributed by atoms with Gasteiger partial charge in [0.05, 0.1) is 0 Å². The Morgan fingerprint density at radius 1 is 0.339 bits per heavy atom. The fourth-order valence-electron chi connectivity index (χ4n) is 9.98. The van der Waals surface area contributed by atoms with Gasteiger partial charge >= 0.3 is 0 Å². The lowest BCUT2D eigenvalue weighted by Gasteiger charge is -2.22. The predicted octanol–water partition coefficient (Wildman–Crippen LogP) is 16.0. The van der Waals surface area contributed by atoms with Gasteiger partial charge in [-0.05, 0) is 117 Å². The van der Waals surface area contributed by atoms with Crippen LogP contribution in [0, 0.1) is 0 Å². The summed E-state index contributed by atoms with van der Waals surface area (Å²) in [6.07, 6.45) is 0. The van der Waals surface area contributed by atoms with Crippen LogP contribution in [0.5, 0.6) is 0 Å². The predicted molar refractivity (Wildman–Crippen MR) is 243 cm³/mol. The maximum Gasteiger partial charge on any atom is 0.0433 e. The van der Waals surface area contributed by atoms with Crippen molar-refractivity contribution in [1.82, 2.24) is 0 Å². The fourth-order valence-corrected chi connectivity index (χ4v) is 11.5. The van der Waals surface area contributed by atoms with Gasteiger partial charge in [-0.25, -0.2) is 0 Å². The number of fused-ring (bicyclic) bond motifs is 12. The normalized spacial score (nSPS) is 13.3. The summed E-state index contributed by atoms with van der Waals surface area (Å²) in [5.74, 6) is 0. The lowest BCUT2D eigenvalue weighted by atomic mass is 9.81. The minimum Gasteiger partial charge on any atom is -0.134 e. The third kappa shape index (κ3) is 4.47. The van der Waals surface area contributed by atoms with Crippen LogP contribution in [-0.2, 0) is 5.41 Å². The summed E-state index contributed by atoms with van der Waals surface area (Å²) in [6.45, 7) is 4.84. The lowest BCUT2D eigenvalue weighted by molar-refractivity contribution is 0.667. The third-order valence-corrected chi connectivity index (χ3v) is 13.9.